The quantitative estimate of drug-likeness (QED) is 0.405. The van der Waals surface area contributed by atoms with Crippen LogP contribution in [-0.4, -0.2) is 62.0 Å². The number of aromatic nitrogens is 3. The molecule has 1 saturated heterocycles. The summed E-state index contributed by atoms with van der Waals surface area (Å²) in [4.78, 5) is 42.9. The second-order valence-electron chi connectivity index (χ2n) is 9.66. The van der Waals surface area contributed by atoms with Crippen LogP contribution in [0.4, 0.5) is 13.2 Å². The van der Waals surface area contributed by atoms with Gasteiger partial charge >= 0.3 is 12.1 Å². The molecule has 4 aromatic rings. The Morgan fingerprint density at radius 2 is 1.85 bits per heavy atom. The number of halogens is 3. The van der Waals surface area contributed by atoms with Crippen molar-refractivity contribution in [1.82, 2.24) is 24.3 Å². The minimum atomic E-state index is -5.13. The average molecular weight is 541 g/mol. The lowest BCUT2D eigenvalue weighted by Crippen LogP contribution is -2.58. The minimum Gasteiger partial charge on any atom is -0.369 e. The number of imidazole rings is 1. The fourth-order valence-electron chi connectivity index (χ4n) is 5.35. The molecule has 1 unspecified atom stereocenters. The van der Waals surface area contributed by atoms with Crippen LogP contribution in [0.2, 0.25) is 0 Å². The van der Waals surface area contributed by atoms with Gasteiger partial charge in [-0.15, -0.1) is 0 Å². The van der Waals surface area contributed by atoms with E-state index in [2.05, 4.69) is 17.6 Å². The maximum Gasteiger partial charge on any atom is 0.471 e. The third-order valence-electron chi connectivity index (χ3n) is 7.32. The summed E-state index contributed by atoms with van der Waals surface area (Å²) in [6, 6.07) is 13.9. The Morgan fingerprint density at radius 1 is 1.10 bits per heavy atom. The van der Waals surface area contributed by atoms with Gasteiger partial charge in [-0.05, 0) is 43.7 Å². The second-order valence-corrected chi connectivity index (χ2v) is 9.66. The van der Waals surface area contributed by atoms with Crippen LogP contribution in [0.3, 0.4) is 0 Å². The molecular formula is C27H27F3N6O3. The van der Waals surface area contributed by atoms with Crippen LogP contribution in [0, 0.1) is 5.92 Å². The first-order chi connectivity index (χ1) is 18.5. The number of benzene rings is 2. The van der Waals surface area contributed by atoms with Crippen molar-refractivity contribution < 1.29 is 27.6 Å². The zero-order valence-corrected chi connectivity index (χ0v) is 21.3. The smallest absolute Gasteiger partial charge is 0.369 e. The van der Waals surface area contributed by atoms with Gasteiger partial charge in [0.1, 0.15) is 0 Å². The normalized spacial score (nSPS) is 18.0. The summed E-state index contributed by atoms with van der Waals surface area (Å²) in [6.07, 6.45) is -5.10. The van der Waals surface area contributed by atoms with Gasteiger partial charge in [0.05, 0.1) is 28.7 Å². The Labute approximate surface area is 221 Å². The molecule has 12 heteroatoms. The van der Waals surface area contributed by atoms with E-state index < -0.39 is 35.9 Å². The number of piperidine rings is 1. The molecule has 2 aromatic carbocycles. The van der Waals surface area contributed by atoms with Crippen molar-refractivity contribution in [1.29, 1.82) is 0 Å². The molecule has 9 nitrogen and oxygen atoms in total. The highest BCUT2D eigenvalue weighted by Crippen LogP contribution is 2.31. The zero-order chi connectivity index (χ0) is 28.1. The Kier molecular flexibility index (Phi) is 6.57. The van der Waals surface area contributed by atoms with Gasteiger partial charge in [-0.3, -0.25) is 14.4 Å². The number of para-hydroxylation sites is 1. The molecule has 0 radical (unpaired) electrons. The van der Waals surface area contributed by atoms with Crippen LogP contribution in [0.1, 0.15) is 23.7 Å². The fraction of sp³-hybridized carbons (Fsp3) is 0.333. The number of nitrogens with zero attached hydrogens (tertiary/aromatic N) is 4. The molecule has 5 rings (SSSR count). The van der Waals surface area contributed by atoms with E-state index >= 15 is 0 Å². The maximum absolute atomic E-state index is 13.4. The van der Waals surface area contributed by atoms with Crippen molar-refractivity contribution in [3.05, 3.63) is 54.1 Å². The molecule has 2 atom stereocenters. The van der Waals surface area contributed by atoms with Gasteiger partial charge in [0.25, 0.3) is 5.91 Å². The topological polar surface area (TPSA) is 115 Å². The van der Waals surface area contributed by atoms with Crippen molar-refractivity contribution in [2.45, 2.75) is 32.1 Å². The first kappa shape index (κ1) is 26.3. The van der Waals surface area contributed by atoms with Crippen molar-refractivity contribution in [3.63, 3.8) is 0 Å². The monoisotopic (exact) mass is 540 g/mol. The van der Waals surface area contributed by atoms with Crippen LogP contribution in [0.25, 0.3) is 33.5 Å². The van der Waals surface area contributed by atoms with Crippen LogP contribution >= 0.6 is 0 Å². The molecule has 0 saturated carbocycles. The maximum atomic E-state index is 13.4. The molecule has 3 N–H and O–H groups in total. The summed E-state index contributed by atoms with van der Waals surface area (Å²) >= 11 is 0. The number of nitrogens with one attached hydrogen (secondary N) is 1. The summed E-state index contributed by atoms with van der Waals surface area (Å²) in [5.74, 6) is -3.75. The number of carbonyl (C=O) groups excluding carboxylic acids is 3. The van der Waals surface area contributed by atoms with Crippen LogP contribution in [-0.2, 0) is 23.2 Å². The van der Waals surface area contributed by atoms with Crippen molar-refractivity contribution in [2.24, 2.45) is 18.7 Å². The Balaban J connectivity index is 1.44. The van der Waals surface area contributed by atoms with E-state index in [1.807, 2.05) is 41.2 Å². The number of amides is 3. The average Bonchev–Trinajstić information content (AvgIpc) is 3.44. The number of fused-ring (bicyclic) bond motifs is 2. The molecule has 1 aliphatic heterocycles. The first-order valence-corrected chi connectivity index (χ1v) is 12.5. The molecule has 0 spiro atoms. The highest BCUT2D eigenvalue weighted by Gasteiger charge is 2.43. The molecule has 3 heterocycles. The molecule has 1 fully saturated rings. The summed E-state index contributed by atoms with van der Waals surface area (Å²) in [7, 11) is 1.90. The molecule has 0 aliphatic carbocycles. The molecule has 1 aliphatic rings. The van der Waals surface area contributed by atoms with Crippen molar-refractivity contribution in [2.75, 3.05) is 13.1 Å². The van der Waals surface area contributed by atoms with E-state index in [4.69, 9.17) is 10.7 Å². The van der Waals surface area contributed by atoms with E-state index in [0.717, 1.165) is 34.5 Å². The Hall–Kier alpha value is -4.35. The van der Waals surface area contributed by atoms with Gasteiger partial charge in [0.15, 0.2) is 5.82 Å². The molecule has 204 valence electrons. The highest BCUT2D eigenvalue weighted by atomic mass is 19.4. The zero-order valence-electron chi connectivity index (χ0n) is 21.3. The molecular weight excluding hydrogens is 513 g/mol. The third-order valence-corrected chi connectivity index (χ3v) is 7.32. The summed E-state index contributed by atoms with van der Waals surface area (Å²) in [5, 5.41) is 2.92. The lowest BCUT2D eigenvalue weighted by Gasteiger charge is -2.37. The van der Waals surface area contributed by atoms with E-state index in [-0.39, 0.29) is 19.5 Å². The minimum absolute atomic E-state index is 0.0292. The summed E-state index contributed by atoms with van der Waals surface area (Å²) < 4.78 is 42.7. The number of aryl methyl sites for hydroxylation is 2. The van der Waals surface area contributed by atoms with Gasteiger partial charge in [0.2, 0.25) is 5.91 Å². The predicted octanol–water partition coefficient (Wildman–Crippen LogP) is 3.21. The van der Waals surface area contributed by atoms with Gasteiger partial charge in [-0.1, -0.05) is 18.2 Å². The largest absolute Gasteiger partial charge is 0.471 e. The molecule has 0 bridgehead atoms. The second kappa shape index (κ2) is 9.75. The molecule has 3 amide bonds. The number of nitrogens with two attached hydrogens (primary N) is 1. The number of carbonyl (C=O) groups is 3. The Bertz CT molecular complexity index is 1610. The Morgan fingerprint density at radius 3 is 2.54 bits per heavy atom. The van der Waals surface area contributed by atoms with Gasteiger partial charge in [-0.2, -0.15) is 13.2 Å². The van der Waals surface area contributed by atoms with E-state index in [0.29, 0.717) is 11.1 Å². The van der Waals surface area contributed by atoms with E-state index in [1.54, 1.807) is 18.2 Å². The number of alkyl halides is 3. The summed E-state index contributed by atoms with van der Waals surface area (Å²) in [6.45, 7) is 2.62. The lowest BCUT2D eigenvalue weighted by atomic mass is 9.90. The number of rotatable bonds is 5. The summed E-state index contributed by atoms with van der Waals surface area (Å²) in [5.41, 5.74) is 9.06. The third kappa shape index (κ3) is 4.70. The van der Waals surface area contributed by atoms with Crippen LogP contribution in [0.15, 0.2) is 48.5 Å². The van der Waals surface area contributed by atoms with Gasteiger partial charge in [0, 0.05) is 43.1 Å². The fourth-order valence-corrected chi connectivity index (χ4v) is 5.35. The number of primary amides is 1. The van der Waals surface area contributed by atoms with Crippen LogP contribution < -0.4 is 11.1 Å². The first-order valence-electron chi connectivity index (χ1n) is 12.5. The number of likely N-dealkylation sites (tertiary alicyclic amines) is 1. The lowest BCUT2D eigenvalue weighted by molar-refractivity contribution is -0.175. The van der Waals surface area contributed by atoms with Gasteiger partial charge < -0.3 is 25.1 Å². The van der Waals surface area contributed by atoms with E-state index in [9.17, 15) is 27.6 Å². The van der Waals surface area contributed by atoms with Gasteiger partial charge in [-0.25, -0.2) is 4.98 Å². The SMILES string of the molecule is CCn1c(-c2nc3cc(C(=O)N4CC[C@@H](C(N)=O)C(NC(=O)C(F)(F)F)C4)ccc3n2C)cc2ccccc21. The van der Waals surface area contributed by atoms with Crippen LogP contribution in [0.5, 0.6) is 0 Å². The predicted molar refractivity (Wildman–Crippen MR) is 139 cm³/mol. The van der Waals surface area contributed by atoms with Crippen molar-refractivity contribution >= 4 is 39.7 Å². The van der Waals surface area contributed by atoms with E-state index in [1.165, 1.54) is 4.90 Å². The molecule has 2 aromatic heterocycles. The number of hydrogen-bond acceptors (Lipinski definition) is 4. The molecule has 39 heavy (non-hydrogen) atoms. The standard InChI is InChI=1S/C27H27F3N6O3/c1-3-36-20-7-5-4-6-15(20)13-22(36)24-32-18-12-16(8-9-21(18)34(24)2)25(38)35-11-10-17(23(31)37)19(14-35)33-26(39)27(28,29)30/h4-9,12-13,17,19H,3,10-11,14H2,1-2H3,(H2,31,37)(H,33,39)/t17-,19?/m1/s1. The van der Waals surface area contributed by atoms with Crippen molar-refractivity contribution in [3.8, 4) is 11.5 Å². The highest BCUT2D eigenvalue weighted by molar-refractivity contribution is 5.98. The number of hydrogen-bond donors (Lipinski definition) is 2.